The molecule has 0 fully saturated rings. The minimum atomic E-state index is -0.625. The maximum Gasteiger partial charge on any atom is 0.337 e. The number of esters is 1. The van der Waals surface area contributed by atoms with E-state index in [1.165, 1.54) is 7.11 Å². The second kappa shape index (κ2) is 7.50. The molecule has 1 aromatic rings. The van der Waals surface area contributed by atoms with E-state index in [9.17, 15) is 9.59 Å². The van der Waals surface area contributed by atoms with Crippen LogP contribution in [0.5, 0.6) is 0 Å². The molecule has 0 spiro atoms. The van der Waals surface area contributed by atoms with E-state index >= 15 is 0 Å². The molecule has 0 aliphatic heterocycles. The van der Waals surface area contributed by atoms with Crippen molar-refractivity contribution in [2.75, 3.05) is 26.1 Å². The van der Waals surface area contributed by atoms with Crippen LogP contribution in [0.1, 0.15) is 16.8 Å². The fraction of sp³-hybridized carbons (Fsp3) is 0.385. The van der Waals surface area contributed by atoms with Crippen molar-refractivity contribution < 1.29 is 19.1 Å². The zero-order valence-electron chi connectivity index (χ0n) is 11.0. The molecule has 0 aliphatic carbocycles. The van der Waals surface area contributed by atoms with Crippen LogP contribution in [0, 0.1) is 0 Å². The molecule has 0 saturated heterocycles. The maximum absolute atomic E-state index is 11.7. The van der Waals surface area contributed by atoms with Gasteiger partial charge in [0.15, 0.2) is 0 Å². The molecule has 1 atom stereocenters. The molecular weight excluding hydrogens is 248 g/mol. The molecule has 1 rings (SSSR count). The van der Waals surface area contributed by atoms with E-state index in [2.05, 4.69) is 10.1 Å². The van der Waals surface area contributed by atoms with Crippen LogP contribution in [-0.4, -0.2) is 38.7 Å². The van der Waals surface area contributed by atoms with Gasteiger partial charge in [-0.05, 0) is 30.7 Å². The van der Waals surface area contributed by atoms with Gasteiger partial charge in [0.2, 0.25) is 5.91 Å². The fourth-order valence-electron chi connectivity index (χ4n) is 1.42. The minimum Gasteiger partial charge on any atom is -0.465 e. The van der Waals surface area contributed by atoms with Gasteiger partial charge in [-0.3, -0.25) is 4.79 Å². The van der Waals surface area contributed by atoms with Crippen molar-refractivity contribution in [2.24, 2.45) is 5.73 Å². The summed E-state index contributed by atoms with van der Waals surface area (Å²) >= 11 is 0. The number of methoxy groups -OCH3 is 2. The minimum absolute atomic E-state index is 0.289. The van der Waals surface area contributed by atoms with Crippen molar-refractivity contribution in [1.82, 2.24) is 0 Å². The zero-order valence-corrected chi connectivity index (χ0v) is 11.0. The maximum atomic E-state index is 11.7. The summed E-state index contributed by atoms with van der Waals surface area (Å²) in [7, 11) is 2.86. The number of hydrogen-bond acceptors (Lipinski definition) is 5. The van der Waals surface area contributed by atoms with Gasteiger partial charge in [-0.1, -0.05) is 0 Å². The van der Waals surface area contributed by atoms with Crippen LogP contribution in [0.15, 0.2) is 24.3 Å². The normalized spacial score (nSPS) is 11.7. The predicted octanol–water partition coefficient (Wildman–Crippen LogP) is 0.775. The summed E-state index contributed by atoms with van der Waals surface area (Å²) in [5, 5.41) is 2.66. The second-order valence-corrected chi connectivity index (χ2v) is 3.95. The number of rotatable bonds is 6. The van der Waals surface area contributed by atoms with Crippen molar-refractivity contribution in [2.45, 2.75) is 12.5 Å². The number of nitrogens with one attached hydrogen (secondary N) is 1. The Kier molecular flexibility index (Phi) is 5.98. The summed E-state index contributed by atoms with van der Waals surface area (Å²) < 4.78 is 9.44. The number of benzene rings is 1. The van der Waals surface area contributed by atoms with Gasteiger partial charge < -0.3 is 20.5 Å². The van der Waals surface area contributed by atoms with Crippen LogP contribution in [0.4, 0.5) is 5.69 Å². The fourth-order valence-corrected chi connectivity index (χ4v) is 1.42. The van der Waals surface area contributed by atoms with E-state index in [0.717, 1.165) is 0 Å². The van der Waals surface area contributed by atoms with Crippen LogP contribution in [-0.2, 0) is 14.3 Å². The monoisotopic (exact) mass is 266 g/mol. The lowest BCUT2D eigenvalue weighted by Crippen LogP contribution is -2.36. The SMILES string of the molecule is COCCC(N)C(=O)Nc1ccc(C(=O)OC)cc1. The molecule has 6 heteroatoms. The van der Waals surface area contributed by atoms with Gasteiger partial charge in [-0.15, -0.1) is 0 Å². The zero-order chi connectivity index (χ0) is 14.3. The summed E-state index contributed by atoms with van der Waals surface area (Å²) in [6.45, 7) is 0.426. The number of amides is 1. The van der Waals surface area contributed by atoms with E-state index in [-0.39, 0.29) is 5.91 Å². The average Bonchev–Trinajstić information content (AvgIpc) is 2.44. The Labute approximate surface area is 111 Å². The Bertz CT molecular complexity index is 431. The largest absolute Gasteiger partial charge is 0.465 e. The number of anilines is 1. The van der Waals surface area contributed by atoms with Gasteiger partial charge in [0, 0.05) is 19.4 Å². The van der Waals surface area contributed by atoms with Crippen LogP contribution < -0.4 is 11.1 Å². The molecule has 19 heavy (non-hydrogen) atoms. The molecular formula is C13H18N2O4. The van der Waals surface area contributed by atoms with Gasteiger partial charge >= 0.3 is 5.97 Å². The second-order valence-electron chi connectivity index (χ2n) is 3.95. The van der Waals surface area contributed by atoms with Crippen molar-refractivity contribution in [3.05, 3.63) is 29.8 Å². The number of carbonyl (C=O) groups is 2. The predicted molar refractivity (Wildman–Crippen MR) is 70.9 cm³/mol. The molecule has 0 bridgehead atoms. The smallest absolute Gasteiger partial charge is 0.337 e. The third-order valence-corrected chi connectivity index (χ3v) is 2.54. The number of hydrogen-bond donors (Lipinski definition) is 2. The summed E-state index contributed by atoms with van der Waals surface area (Å²) in [5.74, 6) is -0.711. The van der Waals surface area contributed by atoms with E-state index in [4.69, 9.17) is 10.5 Å². The first-order valence-electron chi connectivity index (χ1n) is 5.82. The summed E-state index contributed by atoms with van der Waals surface area (Å²) in [6.07, 6.45) is 0.447. The van der Waals surface area contributed by atoms with Crippen LogP contribution in [0.2, 0.25) is 0 Å². The molecule has 0 aromatic heterocycles. The molecule has 3 N–H and O–H groups in total. The number of ether oxygens (including phenoxy) is 2. The van der Waals surface area contributed by atoms with Crippen molar-refractivity contribution in [3.8, 4) is 0 Å². The van der Waals surface area contributed by atoms with Crippen molar-refractivity contribution in [1.29, 1.82) is 0 Å². The first kappa shape index (κ1) is 15.1. The molecule has 0 aliphatic rings. The van der Waals surface area contributed by atoms with Gasteiger partial charge in [0.1, 0.15) is 0 Å². The highest BCUT2D eigenvalue weighted by Gasteiger charge is 2.13. The Morgan fingerprint density at radius 3 is 2.42 bits per heavy atom. The Balaban J connectivity index is 2.57. The van der Waals surface area contributed by atoms with E-state index in [0.29, 0.717) is 24.3 Å². The molecule has 0 saturated carbocycles. The Morgan fingerprint density at radius 1 is 1.26 bits per heavy atom. The average molecular weight is 266 g/mol. The Morgan fingerprint density at radius 2 is 1.89 bits per heavy atom. The highest BCUT2D eigenvalue weighted by molar-refractivity contribution is 5.95. The lowest BCUT2D eigenvalue weighted by molar-refractivity contribution is -0.117. The van der Waals surface area contributed by atoms with Crippen LogP contribution in [0.25, 0.3) is 0 Å². The number of carbonyl (C=O) groups excluding carboxylic acids is 2. The molecule has 1 unspecified atom stereocenters. The highest BCUT2D eigenvalue weighted by atomic mass is 16.5. The van der Waals surface area contributed by atoms with E-state index in [1.807, 2.05) is 0 Å². The van der Waals surface area contributed by atoms with Crippen molar-refractivity contribution in [3.63, 3.8) is 0 Å². The van der Waals surface area contributed by atoms with Crippen LogP contribution in [0.3, 0.4) is 0 Å². The summed E-state index contributed by atoms with van der Waals surface area (Å²) in [4.78, 5) is 22.9. The van der Waals surface area contributed by atoms with Gasteiger partial charge in [0.05, 0.1) is 18.7 Å². The first-order valence-corrected chi connectivity index (χ1v) is 5.82. The quantitative estimate of drug-likeness (QED) is 0.742. The molecule has 0 heterocycles. The third-order valence-electron chi connectivity index (χ3n) is 2.54. The number of nitrogens with two attached hydrogens (primary N) is 1. The summed E-state index contributed by atoms with van der Waals surface area (Å²) in [5.41, 5.74) is 6.68. The molecule has 1 amide bonds. The first-order chi connectivity index (χ1) is 9.08. The van der Waals surface area contributed by atoms with Crippen molar-refractivity contribution >= 4 is 17.6 Å². The molecule has 0 radical (unpaired) electrons. The van der Waals surface area contributed by atoms with Gasteiger partial charge in [-0.25, -0.2) is 4.79 Å². The topological polar surface area (TPSA) is 90.6 Å². The Hall–Kier alpha value is -1.92. The summed E-state index contributed by atoms with van der Waals surface area (Å²) in [6, 6.07) is 5.75. The van der Waals surface area contributed by atoms with E-state index < -0.39 is 12.0 Å². The van der Waals surface area contributed by atoms with Crippen LogP contribution >= 0.6 is 0 Å². The highest BCUT2D eigenvalue weighted by Crippen LogP contribution is 2.10. The molecule has 6 nitrogen and oxygen atoms in total. The lowest BCUT2D eigenvalue weighted by atomic mass is 10.2. The van der Waals surface area contributed by atoms with Gasteiger partial charge in [-0.2, -0.15) is 0 Å². The lowest BCUT2D eigenvalue weighted by Gasteiger charge is -2.11. The molecule has 104 valence electrons. The standard InChI is InChI=1S/C13H18N2O4/c1-18-8-7-11(14)12(16)15-10-5-3-9(4-6-10)13(17)19-2/h3-6,11H,7-8,14H2,1-2H3,(H,15,16). The van der Waals surface area contributed by atoms with Gasteiger partial charge in [0.25, 0.3) is 0 Å². The van der Waals surface area contributed by atoms with E-state index in [1.54, 1.807) is 31.4 Å². The third kappa shape index (κ3) is 4.69. The molecule has 1 aromatic carbocycles.